The third kappa shape index (κ3) is 5.59. The van der Waals surface area contributed by atoms with Crippen LogP contribution in [0.1, 0.15) is 35.6 Å². The highest BCUT2D eigenvalue weighted by atomic mass is 32.2. The minimum absolute atomic E-state index is 0.106. The minimum Gasteiger partial charge on any atom is -0.354 e. The molecule has 1 heterocycles. The van der Waals surface area contributed by atoms with E-state index in [1.54, 1.807) is 26.0 Å². The molecule has 1 atom stereocenters. The van der Waals surface area contributed by atoms with Crippen molar-refractivity contribution in [1.29, 1.82) is 0 Å². The van der Waals surface area contributed by atoms with Crippen LogP contribution in [0.5, 0.6) is 0 Å². The number of amides is 3. The number of carbonyl (C=O) groups is 3. The summed E-state index contributed by atoms with van der Waals surface area (Å²) in [5.41, 5.74) is 3.51. The van der Waals surface area contributed by atoms with E-state index in [-0.39, 0.29) is 29.5 Å². The molecule has 0 aliphatic carbocycles. The van der Waals surface area contributed by atoms with Gasteiger partial charge in [-0.2, -0.15) is 4.31 Å². The van der Waals surface area contributed by atoms with Gasteiger partial charge in [-0.1, -0.05) is 6.07 Å². The summed E-state index contributed by atoms with van der Waals surface area (Å²) in [6.07, 6.45) is -1.30. The van der Waals surface area contributed by atoms with Crippen LogP contribution < -0.4 is 10.2 Å². The Labute approximate surface area is 217 Å². The van der Waals surface area contributed by atoms with Gasteiger partial charge < -0.3 is 14.8 Å². The number of hydrogen-bond acceptors (Lipinski definition) is 7. The molecule has 1 aliphatic heterocycles. The molecule has 1 aliphatic rings. The molecule has 0 aromatic heterocycles. The molecule has 2 aromatic carbocycles. The van der Waals surface area contributed by atoms with Crippen LogP contribution in [0.15, 0.2) is 35.2 Å². The van der Waals surface area contributed by atoms with Gasteiger partial charge in [-0.05, 0) is 74.2 Å². The molecule has 10 nitrogen and oxygen atoms in total. The quantitative estimate of drug-likeness (QED) is 0.390. The Morgan fingerprint density at radius 1 is 1.05 bits per heavy atom. The molecule has 3 amide bonds. The molecule has 0 spiro atoms. The van der Waals surface area contributed by atoms with Crippen LogP contribution in [0.25, 0.3) is 0 Å². The van der Waals surface area contributed by atoms with Crippen molar-refractivity contribution in [2.24, 2.45) is 0 Å². The highest BCUT2D eigenvalue weighted by Gasteiger charge is 2.48. The fourth-order valence-corrected chi connectivity index (χ4v) is 6.63. The van der Waals surface area contributed by atoms with Crippen molar-refractivity contribution in [3.05, 3.63) is 52.6 Å². The van der Waals surface area contributed by atoms with Crippen LogP contribution in [0.3, 0.4) is 0 Å². The standard InChI is InChI=1S/C26H33N3O7S/c1-15-12-16(2)18(4)25(17(15)3)37(33,34)28(14-24(35-6)36-7)22-13-23(31)29(26(22)32)21-10-8-20(9-11-21)27-19(5)30/h8-12,22,24H,13-14H2,1-7H3,(H,27,30). The van der Waals surface area contributed by atoms with E-state index in [2.05, 4.69) is 5.32 Å². The van der Waals surface area contributed by atoms with Gasteiger partial charge in [0.05, 0.1) is 23.5 Å². The van der Waals surface area contributed by atoms with Gasteiger partial charge in [-0.3, -0.25) is 14.4 Å². The van der Waals surface area contributed by atoms with E-state index in [1.165, 1.54) is 33.3 Å². The lowest BCUT2D eigenvalue weighted by atomic mass is 10.0. The first-order valence-electron chi connectivity index (χ1n) is 11.7. The predicted molar refractivity (Wildman–Crippen MR) is 139 cm³/mol. The monoisotopic (exact) mass is 531 g/mol. The van der Waals surface area contributed by atoms with E-state index < -0.39 is 34.2 Å². The number of benzene rings is 2. The van der Waals surface area contributed by atoms with E-state index in [1.807, 2.05) is 19.9 Å². The Hall–Kier alpha value is -3.12. The van der Waals surface area contributed by atoms with Crippen LogP contribution >= 0.6 is 0 Å². The molecule has 1 fully saturated rings. The number of nitrogens with one attached hydrogen (secondary N) is 1. The van der Waals surface area contributed by atoms with Gasteiger partial charge in [0.25, 0.3) is 5.91 Å². The molecule has 11 heteroatoms. The Kier molecular flexibility index (Phi) is 8.53. The molecule has 0 saturated carbocycles. The summed E-state index contributed by atoms with van der Waals surface area (Å²) in [4.78, 5) is 39.0. The van der Waals surface area contributed by atoms with Crippen molar-refractivity contribution in [1.82, 2.24) is 4.31 Å². The fraction of sp³-hybridized carbons (Fsp3) is 0.423. The van der Waals surface area contributed by atoms with Crippen molar-refractivity contribution in [2.45, 2.75) is 58.3 Å². The molecule has 1 N–H and O–H groups in total. The number of ether oxygens (including phenoxy) is 2. The third-order valence-corrected chi connectivity index (χ3v) is 8.78. The summed E-state index contributed by atoms with van der Waals surface area (Å²) < 4.78 is 39.9. The Morgan fingerprint density at radius 2 is 1.59 bits per heavy atom. The number of sulfonamides is 1. The second kappa shape index (κ2) is 11.1. The van der Waals surface area contributed by atoms with E-state index in [0.717, 1.165) is 20.3 Å². The zero-order valence-electron chi connectivity index (χ0n) is 22.1. The number of anilines is 2. The highest BCUT2D eigenvalue weighted by molar-refractivity contribution is 7.89. The van der Waals surface area contributed by atoms with Gasteiger partial charge in [0, 0.05) is 26.8 Å². The maximum atomic E-state index is 14.2. The molecule has 200 valence electrons. The first-order chi connectivity index (χ1) is 17.3. The lowest BCUT2D eigenvalue weighted by Crippen LogP contribution is -2.49. The zero-order chi connectivity index (χ0) is 27.7. The highest BCUT2D eigenvalue weighted by Crippen LogP contribution is 2.34. The molecule has 2 aromatic rings. The van der Waals surface area contributed by atoms with Crippen LogP contribution in [0.4, 0.5) is 11.4 Å². The average Bonchev–Trinajstić information content (AvgIpc) is 3.12. The number of nitrogens with zero attached hydrogens (tertiary/aromatic N) is 2. The number of hydrogen-bond donors (Lipinski definition) is 1. The average molecular weight is 532 g/mol. The molecular weight excluding hydrogens is 498 g/mol. The molecule has 37 heavy (non-hydrogen) atoms. The molecule has 1 saturated heterocycles. The Bertz CT molecular complexity index is 1290. The van der Waals surface area contributed by atoms with E-state index in [4.69, 9.17) is 9.47 Å². The van der Waals surface area contributed by atoms with Gasteiger partial charge in [-0.15, -0.1) is 0 Å². The summed E-state index contributed by atoms with van der Waals surface area (Å²) >= 11 is 0. The maximum Gasteiger partial charge on any atom is 0.252 e. The van der Waals surface area contributed by atoms with Gasteiger partial charge in [0.1, 0.15) is 6.04 Å². The number of carbonyl (C=O) groups excluding carboxylic acids is 3. The van der Waals surface area contributed by atoms with Gasteiger partial charge in [0.15, 0.2) is 6.29 Å². The zero-order valence-corrected chi connectivity index (χ0v) is 22.9. The van der Waals surface area contributed by atoms with Crippen LogP contribution in [-0.4, -0.2) is 63.5 Å². The first kappa shape index (κ1) is 28.5. The Balaban J connectivity index is 2.08. The normalized spacial score (nSPS) is 16.2. The van der Waals surface area contributed by atoms with Crippen molar-refractivity contribution in [2.75, 3.05) is 31.0 Å². The second-order valence-corrected chi connectivity index (χ2v) is 10.9. The van der Waals surface area contributed by atoms with Gasteiger partial charge in [-0.25, -0.2) is 13.3 Å². The molecule has 1 unspecified atom stereocenters. The summed E-state index contributed by atoms with van der Waals surface area (Å²) in [6, 6.07) is 6.79. The molecule has 0 radical (unpaired) electrons. The van der Waals surface area contributed by atoms with Crippen molar-refractivity contribution in [3.8, 4) is 0 Å². The molecule has 0 bridgehead atoms. The lowest BCUT2D eigenvalue weighted by molar-refractivity contribution is -0.126. The Morgan fingerprint density at radius 3 is 2.08 bits per heavy atom. The van der Waals surface area contributed by atoms with Crippen LogP contribution in [0.2, 0.25) is 0 Å². The first-order valence-corrected chi connectivity index (χ1v) is 13.2. The van der Waals surface area contributed by atoms with E-state index in [9.17, 15) is 22.8 Å². The molecule has 3 rings (SSSR count). The molecular formula is C26H33N3O7S. The minimum atomic E-state index is -4.26. The third-order valence-electron chi connectivity index (χ3n) is 6.64. The van der Waals surface area contributed by atoms with Gasteiger partial charge >= 0.3 is 0 Å². The number of imide groups is 1. The second-order valence-electron chi connectivity index (χ2n) is 9.08. The summed E-state index contributed by atoms with van der Waals surface area (Å²) in [5.74, 6) is -1.47. The van der Waals surface area contributed by atoms with Crippen molar-refractivity contribution < 1.29 is 32.3 Å². The smallest absolute Gasteiger partial charge is 0.252 e. The van der Waals surface area contributed by atoms with Crippen molar-refractivity contribution in [3.63, 3.8) is 0 Å². The summed E-state index contributed by atoms with van der Waals surface area (Å²) in [7, 11) is -1.52. The lowest BCUT2D eigenvalue weighted by Gasteiger charge is -2.31. The SMILES string of the molecule is COC(CN(C1CC(=O)N(c2ccc(NC(C)=O)cc2)C1=O)S(=O)(=O)c1c(C)c(C)cc(C)c1C)OC. The maximum absolute atomic E-state index is 14.2. The predicted octanol–water partition coefficient (Wildman–Crippen LogP) is 2.82. The van der Waals surface area contributed by atoms with E-state index >= 15 is 0 Å². The van der Waals surface area contributed by atoms with Crippen LogP contribution in [-0.2, 0) is 33.9 Å². The van der Waals surface area contributed by atoms with Crippen molar-refractivity contribution >= 4 is 39.1 Å². The fourth-order valence-electron chi connectivity index (χ4n) is 4.48. The summed E-state index contributed by atoms with van der Waals surface area (Å²) in [5, 5.41) is 2.62. The number of methoxy groups -OCH3 is 2. The summed E-state index contributed by atoms with van der Waals surface area (Å²) in [6.45, 7) is 8.18. The van der Waals surface area contributed by atoms with E-state index in [0.29, 0.717) is 16.8 Å². The van der Waals surface area contributed by atoms with Gasteiger partial charge in [0.2, 0.25) is 21.8 Å². The number of aryl methyl sites for hydroxylation is 2. The van der Waals surface area contributed by atoms with Crippen LogP contribution in [0, 0.1) is 27.7 Å². The topological polar surface area (TPSA) is 122 Å². The largest absolute Gasteiger partial charge is 0.354 e. The number of rotatable bonds is 9.